The highest BCUT2D eigenvalue weighted by molar-refractivity contribution is 6.30. The molecule has 2 aromatic rings. The first-order valence-corrected chi connectivity index (χ1v) is 9.27. The molecule has 0 N–H and O–H groups in total. The number of hydrogen-bond acceptors (Lipinski definition) is 3. The Morgan fingerprint density at radius 3 is 2.44 bits per heavy atom. The Bertz CT molecular complexity index is 682. The SMILES string of the molecule is CCCC(C(=O)N1CCN(c2ccc(Cl)cn2)CC1)c1ccccc1. The zero-order valence-corrected chi connectivity index (χ0v) is 15.3. The molecule has 132 valence electrons. The van der Waals surface area contributed by atoms with Gasteiger partial charge in [0.25, 0.3) is 0 Å². The zero-order valence-electron chi connectivity index (χ0n) is 14.6. The van der Waals surface area contributed by atoms with Crippen LogP contribution in [0.15, 0.2) is 48.7 Å². The van der Waals surface area contributed by atoms with Crippen molar-refractivity contribution in [1.29, 1.82) is 0 Å². The number of carbonyl (C=O) groups excluding carboxylic acids is 1. The molecule has 1 amide bonds. The molecule has 0 spiro atoms. The Labute approximate surface area is 154 Å². The van der Waals surface area contributed by atoms with Gasteiger partial charge in [-0.05, 0) is 24.1 Å². The summed E-state index contributed by atoms with van der Waals surface area (Å²) in [5, 5.41) is 0.642. The topological polar surface area (TPSA) is 36.4 Å². The van der Waals surface area contributed by atoms with E-state index in [1.807, 2.05) is 35.2 Å². The van der Waals surface area contributed by atoms with Crippen LogP contribution in [0.1, 0.15) is 31.2 Å². The van der Waals surface area contributed by atoms with E-state index in [0.29, 0.717) is 5.02 Å². The van der Waals surface area contributed by atoms with Gasteiger partial charge in [0.15, 0.2) is 0 Å². The van der Waals surface area contributed by atoms with Gasteiger partial charge in [0.05, 0.1) is 10.9 Å². The van der Waals surface area contributed by atoms with Crippen molar-refractivity contribution < 1.29 is 4.79 Å². The molecule has 1 aliphatic rings. The summed E-state index contributed by atoms with van der Waals surface area (Å²) in [6.07, 6.45) is 3.56. The van der Waals surface area contributed by atoms with Gasteiger partial charge < -0.3 is 9.80 Å². The van der Waals surface area contributed by atoms with Crippen molar-refractivity contribution in [2.75, 3.05) is 31.1 Å². The van der Waals surface area contributed by atoms with Gasteiger partial charge in [-0.2, -0.15) is 0 Å². The largest absolute Gasteiger partial charge is 0.353 e. The number of piperazine rings is 1. The fourth-order valence-corrected chi connectivity index (χ4v) is 3.45. The van der Waals surface area contributed by atoms with E-state index in [-0.39, 0.29) is 11.8 Å². The Kier molecular flexibility index (Phi) is 5.92. The molecule has 5 heteroatoms. The van der Waals surface area contributed by atoms with Crippen molar-refractivity contribution in [1.82, 2.24) is 9.88 Å². The van der Waals surface area contributed by atoms with E-state index in [1.165, 1.54) is 0 Å². The highest BCUT2D eigenvalue weighted by Crippen LogP contribution is 2.25. The minimum Gasteiger partial charge on any atom is -0.353 e. The van der Waals surface area contributed by atoms with Crippen LogP contribution in [0, 0.1) is 0 Å². The Morgan fingerprint density at radius 1 is 1.12 bits per heavy atom. The minimum atomic E-state index is -0.0357. The van der Waals surface area contributed by atoms with Crippen molar-refractivity contribution in [2.45, 2.75) is 25.7 Å². The second-order valence-electron chi connectivity index (χ2n) is 6.40. The highest BCUT2D eigenvalue weighted by atomic mass is 35.5. The van der Waals surface area contributed by atoms with Gasteiger partial charge in [0.2, 0.25) is 5.91 Å². The summed E-state index contributed by atoms with van der Waals surface area (Å²) in [6, 6.07) is 13.9. The number of benzene rings is 1. The molecule has 0 saturated carbocycles. The van der Waals surface area contributed by atoms with Crippen molar-refractivity contribution in [3.63, 3.8) is 0 Å². The van der Waals surface area contributed by atoms with Crippen LogP contribution in [-0.4, -0.2) is 42.0 Å². The summed E-state index contributed by atoms with van der Waals surface area (Å²) in [4.78, 5) is 21.6. The van der Waals surface area contributed by atoms with E-state index < -0.39 is 0 Å². The number of anilines is 1. The van der Waals surface area contributed by atoms with Crippen molar-refractivity contribution in [3.8, 4) is 0 Å². The van der Waals surface area contributed by atoms with E-state index >= 15 is 0 Å². The molecule has 0 bridgehead atoms. The standard InChI is InChI=1S/C20H24ClN3O/c1-2-6-18(16-7-4-3-5-8-16)20(25)24-13-11-23(12-14-24)19-10-9-17(21)15-22-19/h3-5,7-10,15,18H,2,6,11-14H2,1H3. The molecule has 1 unspecified atom stereocenters. The lowest BCUT2D eigenvalue weighted by Gasteiger charge is -2.37. The Morgan fingerprint density at radius 2 is 1.84 bits per heavy atom. The third kappa shape index (κ3) is 4.31. The number of hydrogen-bond donors (Lipinski definition) is 0. The first kappa shape index (κ1) is 17.7. The number of rotatable bonds is 5. The zero-order chi connectivity index (χ0) is 17.6. The molecule has 1 aromatic heterocycles. The van der Waals surface area contributed by atoms with Crippen LogP contribution in [0.4, 0.5) is 5.82 Å². The van der Waals surface area contributed by atoms with E-state index in [9.17, 15) is 4.79 Å². The second-order valence-corrected chi connectivity index (χ2v) is 6.84. The molecule has 0 aliphatic carbocycles. The lowest BCUT2D eigenvalue weighted by molar-refractivity contribution is -0.133. The fourth-order valence-electron chi connectivity index (χ4n) is 3.34. The third-order valence-electron chi connectivity index (χ3n) is 4.70. The van der Waals surface area contributed by atoms with Crippen LogP contribution < -0.4 is 4.90 Å². The van der Waals surface area contributed by atoms with Crippen LogP contribution in [-0.2, 0) is 4.79 Å². The van der Waals surface area contributed by atoms with Gasteiger partial charge in [-0.25, -0.2) is 4.98 Å². The molecule has 2 heterocycles. The summed E-state index contributed by atoms with van der Waals surface area (Å²) < 4.78 is 0. The van der Waals surface area contributed by atoms with Gasteiger partial charge in [-0.1, -0.05) is 55.3 Å². The number of aromatic nitrogens is 1. The van der Waals surface area contributed by atoms with Crippen molar-refractivity contribution >= 4 is 23.3 Å². The minimum absolute atomic E-state index is 0.0357. The average Bonchev–Trinajstić information content (AvgIpc) is 2.67. The highest BCUT2D eigenvalue weighted by Gasteiger charge is 2.28. The molecule has 1 fully saturated rings. The maximum Gasteiger partial charge on any atom is 0.230 e. The Hall–Kier alpha value is -2.07. The molecular weight excluding hydrogens is 334 g/mol. The third-order valence-corrected chi connectivity index (χ3v) is 4.93. The van der Waals surface area contributed by atoms with Gasteiger partial charge in [0.1, 0.15) is 5.82 Å². The summed E-state index contributed by atoms with van der Waals surface area (Å²) in [7, 11) is 0. The molecule has 4 nitrogen and oxygen atoms in total. The molecule has 0 radical (unpaired) electrons. The van der Waals surface area contributed by atoms with Crippen LogP contribution in [0.2, 0.25) is 5.02 Å². The number of halogens is 1. The van der Waals surface area contributed by atoms with E-state index in [0.717, 1.165) is 50.4 Å². The van der Waals surface area contributed by atoms with Crippen LogP contribution in [0.25, 0.3) is 0 Å². The quantitative estimate of drug-likeness (QED) is 0.812. The summed E-state index contributed by atoms with van der Waals surface area (Å²) in [6.45, 7) is 5.20. The summed E-state index contributed by atoms with van der Waals surface area (Å²) in [5.41, 5.74) is 1.12. The van der Waals surface area contributed by atoms with E-state index in [4.69, 9.17) is 11.6 Å². The molecular formula is C20H24ClN3O. The van der Waals surface area contributed by atoms with Crippen LogP contribution >= 0.6 is 11.6 Å². The van der Waals surface area contributed by atoms with E-state index in [1.54, 1.807) is 6.20 Å². The second kappa shape index (κ2) is 8.34. The Balaban J connectivity index is 1.64. The molecule has 3 rings (SSSR count). The predicted molar refractivity (Wildman–Crippen MR) is 102 cm³/mol. The van der Waals surface area contributed by atoms with Gasteiger partial charge >= 0.3 is 0 Å². The maximum atomic E-state index is 13.1. The van der Waals surface area contributed by atoms with Crippen LogP contribution in [0.5, 0.6) is 0 Å². The van der Waals surface area contributed by atoms with Gasteiger partial charge in [-0.3, -0.25) is 4.79 Å². The molecule has 25 heavy (non-hydrogen) atoms. The summed E-state index contributed by atoms with van der Waals surface area (Å²) in [5.74, 6) is 1.13. The molecule has 1 aromatic carbocycles. The first-order chi connectivity index (χ1) is 12.2. The molecule has 1 aliphatic heterocycles. The lowest BCUT2D eigenvalue weighted by Crippen LogP contribution is -2.50. The average molecular weight is 358 g/mol. The number of nitrogens with zero attached hydrogens (tertiary/aromatic N) is 3. The predicted octanol–water partition coefficient (Wildman–Crippen LogP) is 3.97. The number of amides is 1. The monoisotopic (exact) mass is 357 g/mol. The number of carbonyl (C=O) groups is 1. The van der Waals surface area contributed by atoms with Crippen molar-refractivity contribution in [2.24, 2.45) is 0 Å². The van der Waals surface area contributed by atoms with Gasteiger partial charge in [-0.15, -0.1) is 0 Å². The fraction of sp³-hybridized carbons (Fsp3) is 0.400. The van der Waals surface area contributed by atoms with Crippen LogP contribution in [0.3, 0.4) is 0 Å². The first-order valence-electron chi connectivity index (χ1n) is 8.89. The lowest BCUT2D eigenvalue weighted by atomic mass is 9.93. The van der Waals surface area contributed by atoms with Crippen molar-refractivity contribution in [3.05, 3.63) is 59.2 Å². The number of pyridine rings is 1. The molecule has 1 atom stereocenters. The van der Waals surface area contributed by atoms with Gasteiger partial charge in [0, 0.05) is 32.4 Å². The maximum absolute atomic E-state index is 13.1. The summed E-state index contributed by atoms with van der Waals surface area (Å²) >= 11 is 5.90. The van der Waals surface area contributed by atoms with E-state index in [2.05, 4.69) is 28.9 Å². The smallest absolute Gasteiger partial charge is 0.230 e. The molecule has 1 saturated heterocycles. The normalized spacial score (nSPS) is 15.9.